The number of para-hydroxylation sites is 1. The predicted octanol–water partition coefficient (Wildman–Crippen LogP) is 2.52. The number of nitrogens with zero attached hydrogens (tertiary/aromatic N) is 2. The van der Waals surface area contributed by atoms with Gasteiger partial charge in [-0.3, -0.25) is 9.69 Å². The van der Waals surface area contributed by atoms with Crippen molar-refractivity contribution in [1.29, 1.82) is 0 Å². The molecule has 22 heavy (non-hydrogen) atoms. The lowest BCUT2D eigenvalue weighted by Crippen LogP contribution is -2.35. The predicted molar refractivity (Wildman–Crippen MR) is 89.4 cm³/mol. The van der Waals surface area contributed by atoms with Gasteiger partial charge in [-0.25, -0.2) is 4.99 Å². The molecule has 0 atom stereocenters. The van der Waals surface area contributed by atoms with Crippen molar-refractivity contribution in [1.82, 2.24) is 4.90 Å². The third-order valence-corrected chi connectivity index (χ3v) is 3.67. The highest BCUT2D eigenvalue weighted by molar-refractivity contribution is 6.04. The number of ether oxygens (including phenoxy) is 1. The second kappa shape index (κ2) is 6.48. The fourth-order valence-electron chi connectivity index (χ4n) is 2.10. The van der Waals surface area contributed by atoms with Crippen molar-refractivity contribution in [3.05, 3.63) is 29.8 Å². The zero-order chi connectivity index (χ0) is 16.3. The standard InChI is InChI=1S/C17H25N3O2/c1-12(2)20(5)10-15(21)18-14-9-7-6-8-13(14)16-19-17(3,4)11-22-16/h6-9,12H,10-11H2,1-5H3,(H,18,21). The van der Waals surface area contributed by atoms with Crippen LogP contribution in [0.2, 0.25) is 0 Å². The van der Waals surface area contributed by atoms with Crippen molar-refractivity contribution < 1.29 is 9.53 Å². The van der Waals surface area contributed by atoms with Crippen LogP contribution in [0, 0.1) is 0 Å². The lowest BCUT2D eigenvalue weighted by Gasteiger charge is -2.20. The van der Waals surface area contributed by atoms with Crippen molar-refractivity contribution >= 4 is 17.5 Å². The molecule has 1 aromatic rings. The zero-order valence-corrected chi connectivity index (χ0v) is 14.0. The summed E-state index contributed by atoms with van der Waals surface area (Å²) in [5.74, 6) is 0.555. The van der Waals surface area contributed by atoms with Crippen molar-refractivity contribution in [3.8, 4) is 0 Å². The van der Waals surface area contributed by atoms with Gasteiger partial charge in [0.15, 0.2) is 0 Å². The first-order valence-corrected chi connectivity index (χ1v) is 7.60. The third kappa shape index (κ3) is 4.07. The van der Waals surface area contributed by atoms with Crippen LogP contribution in [0.25, 0.3) is 0 Å². The van der Waals surface area contributed by atoms with Crippen LogP contribution in [0.5, 0.6) is 0 Å². The van der Waals surface area contributed by atoms with Crippen LogP contribution in [0.4, 0.5) is 5.69 Å². The van der Waals surface area contributed by atoms with E-state index in [0.717, 1.165) is 11.3 Å². The van der Waals surface area contributed by atoms with Gasteiger partial charge in [-0.15, -0.1) is 0 Å². The van der Waals surface area contributed by atoms with Crippen molar-refractivity contribution in [2.45, 2.75) is 39.3 Å². The second-order valence-corrected chi connectivity index (χ2v) is 6.62. The Morgan fingerprint density at radius 2 is 2.09 bits per heavy atom. The molecule has 1 aliphatic rings. The lowest BCUT2D eigenvalue weighted by atomic mass is 10.1. The van der Waals surface area contributed by atoms with E-state index in [9.17, 15) is 4.79 Å². The maximum absolute atomic E-state index is 12.2. The lowest BCUT2D eigenvalue weighted by molar-refractivity contribution is -0.117. The molecule has 0 aliphatic carbocycles. The minimum Gasteiger partial charge on any atom is -0.475 e. The number of hydrogen-bond donors (Lipinski definition) is 1. The van der Waals surface area contributed by atoms with Crippen LogP contribution >= 0.6 is 0 Å². The Balaban J connectivity index is 2.14. The number of hydrogen-bond acceptors (Lipinski definition) is 4. The molecule has 2 rings (SSSR count). The number of carbonyl (C=O) groups excluding carboxylic acids is 1. The summed E-state index contributed by atoms with van der Waals surface area (Å²) in [6.07, 6.45) is 0. The SMILES string of the molecule is CC(C)N(C)CC(=O)Nc1ccccc1C1=NC(C)(C)CO1. The number of aliphatic imine (C=N–C) groups is 1. The second-order valence-electron chi connectivity index (χ2n) is 6.62. The molecule has 0 bridgehead atoms. The molecule has 1 heterocycles. The number of anilines is 1. The first-order chi connectivity index (χ1) is 10.3. The number of likely N-dealkylation sites (N-methyl/N-ethyl adjacent to an activating group) is 1. The number of carbonyl (C=O) groups is 1. The molecule has 0 radical (unpaired) electrons. The van der Waals surface area contributed by atoms with Gasteiger partial charge in [0.1, 0.15) is 6.61 Å². The molecule has 0 aromatic heterocycles. The highest BCUT2D eigenvalue weighted by Gasteiger charge is 2.28. The van der Waals surface area contributed by atoms with E-state index >= 15 is 0 Å². The minimum atomic E-state index is -0.218. The third-order valence-electron chi connectivity index (χ3n) is 3.67. The average molecular weight is 303 g/mol. The number of rotatable bonds is 5. The molecule has 1 N–H and O–H groups in total. The van der Waals surface area contributed by atoms with E-state index < -0.39 is 0 Å². The number of nitrogens with one attached hydrogen (secondary N) is 1. The molecule has 0 fully saturated rings. The van der Waals surface area contributed by atoms with Crippen molar-refractivity contribution in [3.63, 3.8) is 0 Å². The monoisotopic (exact) mass is 303 g/mol. The van der Waals surface area contributed by atoms with E-state index in [-0.39, 0.29) is 11.4 Å². The number of benzene rings is 1. The smallest absolute Gasteiger partial charge is 0.238 e. The van der Waals surface area contributed by atoms with E-state index in [1.165, 1.54) is 0 Å². The quantitative estimate of drug-likeness (QED) is 0.909. The maximum Gasteiger partial charge on any atom is 0.238 e. The van der Waals surface area contributed by atoms with Crippen LogP contribution in [0.1, 0.15) is 33.3 Å². The summed E-state index contributed by atoms with van der Waals surface area (Å²) in [5, 5.41) is 2.96. The fourth-order valence-corrected chi connectivity index (χ4v) is 2.10. The Hall–Kier alpha value is -1.88. The summed E-state index contributed by atoms with van der Waals surface area (Å²) >= 11 is 0. The first kappa shape index (κ1) is 16.5. The van der Waals surface area contributed by atoms with Gasteiger partial charge in [0, 0.05) is 6.04 Å². The van der Waals surface area contributed by atoms with Crippen LogP contribution in [0.15, 0.2) is 29.3 Å². The van der Waals surface area contributed by atoms with E-state index in [2.05, 4.69) is 24.2 Å². The van der Waals surface area contributed by atoms with E-state index in [0.29, 0.717) is 25.1 Å². The first-order valence-electron chi connectivity index (χ1n) is 7.60. The van der Waals surface area contributed by atoms with Gasteiger partial charge in [0.05, 0.1) is 23.3 Å². The van der Waals surface area contributed by atoms with Crippen LogP contribution < -0.4 is 5.32 Å². The topological polar surface area (TPSA) is 53.9 Å². The highest BCUT2D eigenvalue weighted by Crippen LogP contribution is 2.24. The fraction of sp³-hybridized carbons (Fsp3) is 0.529. The number of amides is 1. The molecule has 0 saturated carbocycles. The Bertz CT molecular complexity index is 579. The molecule has 1 aromatic carbocycles. The molecular weight excluding hydrogens is 278 g/mol. The Morgan fingerprint density at radius 1 is 1.41 bits per heavy atom. The maximum atomic E-state index is 12.2. The molecule has 0 unspecified atom stereocenters. The Labute approximate surface area is 132 Å². The molecule has 120 valence electrons. The summed E-state index contributed by atoms with van der Waals surface area (Å²) in [6.45, 7) is 9.08. The molecular formula is C17H25N3O2. The highest BCUT2D eigenvalue weighted by atomic mass is 16.5. The summed E-state index contributed by atoms with van der Waals surface area (Å²) in [5.41, 5.74) is 1.35. The summed E-state index contributed by atoms with van der Waals surface area (Å²) < 4.78 is 5.68. The Kier molecular flexibility index (Phi) is 4.86. The van der Waals surface area contributed by atoms with Crippen molar-refractivity contribution in [2.24, 2.45) is 4.99 Å². The van der Waals surface area contributed by atoms with Gasteiger partial charge in [0.25, 0.3) is 0 Å². The average Bonchev–Trinajstić information content (AvgIpc) is 2.79. The van der Waals surface area contributed by atoms with Gasteiger partial charge in [-0.2, -0.15) is 0 Å². The van der Waals surface area contributed by atoms with Crippen LogP contribution in [0.3, 0.4) is 0 Å². The van der Waals surface area contributed by atoms with E-state index in [1.54, 1.807) is 0 Å². The van der Waals surface area contributed by atoms with E-state index in [4.69, 9.17) is 4.74 Å². The summed E-state index contributed by atoms with van der Waals surface area (Å²) in [7, 11) is 1.93. The zero-order valence-electron chi connectivity index (χ0n) is 14.0. The molecule has 0 spiro atoms. The molecule has 1 aliphatic heterocycles. The van der Waals surface area contributed by atoms with Gasteiger partial charge in [0.2, 0.25) is 11.8 Å². The molecule has 5 nitrogen and oxygen atoms in total. The largest absolute Gasteiger partial charge is 0.475 e. The van der Waals surface area contributed by atoms with E-state index in [1.807, 2.05) is 50.1 Å². The van der Waals surface area contributed by atoms with Crippen molar-refractivity contribution in [2.75, 3.05) is 25.5 Å². The van der Waals surface area contributed by atoms with Crippen LogP contribution in [-0.4, -0.2) is 48.5 Å². The molecule has 0 saturated heterocycles. The van der Waals surface area contributed by atoms with Gasteiger partial charge >= 0.3 is 0 Å². The summed E-state index contributed by atoms with van der Waals surface area (Å²) in [4.78, 5) is 18.8. The summed E-state index contributed by atoms with van der Waals surface area (Å²) in [6, 6.07) is 7.93. The molecule has 5 heteroatoms. The normalized spacial score (nSPS) is 16.6. The minimum absolute atomic E-state index is 0.0403. The van der Waals surface area contributed by atoms with Gasteiger partial charge < -0.3 is 10.1 Å². The van der Waals surface area contributed by atoms with Crippen LogP contribution in [-0.2, 0) is 9.53 Å². The molecule has 1 amide bonds. The van der Waals surface area contributed by atoms with Gasteiger partial charge in [-0.05, 0) is 46.9 Å². The Morgan fingerprint density at radius 3 is 2.68 bits per heavy atom. The van der Waals surface area contributed by atoms with Gasteiger partial charge in [-0.1, -0.05) is 12.1 Å².